The van der Waals surface area contributed by atoms with Gasteiger partial charge in [0.15, 0.2) is 6.61 Å². The van der Waals surface area contributed by atoms with Crippen LogP contribution in [0.25, 0.3) is 0 Å². The van der Waals surface area contributed by atoms with Crippen LogP contribution in [0, 0.1) is 0 Å². The summed E-state index contributed by atoms with van der Waals surface area (Å²) in [6.07, 6.45) is 2.49. The summed E-state index contributed by atoms with van der Waals surface area (Å²) in [7, 11) is 0. The van der Waals surface area contributed by atoms with Gasteiger partial charge in [-0.05, 0) is 31.2 Å². The van der Waals surface area contributed by atoms with E-state index in [1.807, 2.05) is 43.3 Å². The topological polar surface area (TPSA) is 71.8 Å². The van der Waals surface area contributed by atoms with Gasteiger partial charge >= 0.3 is 0 Å². The molecule has 2 amide bonds. The van der Waals surface area contributed by atoms with Crippen LogP contribution in [-0.2, 0) is 16.0 Å². The summed E-state index contributed by atoms with van der Waals surface area (Å²) >= 11 is 0. The first-order chi connectivity index (χ1) is 11.6. The third-order valence-corrected chi connectivity index (χ3v) is 3.87. The Kier molecular flexibility index (Phi) is 4.84. The summed E-state index contributed by atoms with van der Waals surface area (Å²) in [5.74, 6) is 1.28. The molecule has 0 bridgehead atoms. The molecule has 1 aromatic carbocycles. The molecule has 24 heavy (non-hydrogen) atoms. The van der Waals surface area contributed by atoms with Crippen LogP contribution in [-0.4, -0.2) is 31.0 Å². The number of nitrogens with one attached hydrogen (secondary N) is 1. The van der Waals surface area contributed by atoms with E-state index in [0.29, 0.717) is 24.4 Å². The first-order valence-electron chi connectivity index (χ1n) is 7.97. The maximum Gasteiger partial charge on any atom is 0.265 e. The summed E-state index contributed by atoms with van der Waals surface area (Å²) in [6, 6.07) is 11.0. The molecule has 6 heteroatoms. The van der Waals surface area contributed by atoms with Crippen molar-refractivity contribution in [3.05, 3.63) is 48.4 Å². The lowest BCUT2D eigenvalue weighted by atomic mass is 10.2. The number of benzene rings is 1. The van der Waals surface area contributed by atoms with E-state index >= 15 is 0 Å². The van der Waals surface area contributed by atoms with Crippen molar-refractivity contribution in [3.63, 3.8) is 0 Å². The molecule has 2 aromatic rings. The number of hydrogen-bond donors (Lipinski definition) is 1. The van der Waals surface area contributed by atoms with Crippen LogP contribution in [0.5, 0.6) is 5.75 Å². The van der Waals surface area contributed by atoms with Crippen molar-refractivity contribution in [1.29, 1.82) is 0 Å². The maximum atomic E-state index is 12.1. The van der Waals surface area contributed by atoms with Crippen LogP contribution >= 0.6 is 0 Å². The normalized spacial score (nSPS) is 14.7. The first-order valence-corrected chi connectivity index (χ1v) is 7.97. The van der Waals surface area contributed by atoms with Crippen molar-refractivity contribution in [2.75, 3.05) is 18.1 Å². The lowest BCUT2D eigenvalue weighted by molar-refractivity contribution is -0.122. The summed E-state index contributed by atoms with van der Waals surface area (Å²) in [6.45, 7) is 2.27. The van der Waals surface area contributed by atoms with Gasteiger partial charge in [0, 0.05) is 25.4 Å². The second-order valence-electron chi connectivity index (χ2n) is 5.80. The van der Waals surface area contributed by atoms with Crippen molar-refractivity contribution in [2.45, 2.75) is 25.8 Å². The van der Waals surface area contributed by atoms with Crippen molar-refractivity contribution in [2.24, 2.45) is 0 Å². The Balaban J connectivity index is 1.53. The van der Waals surface area contributed by atoms with Gasteiger partial charge in [-0.15, -0.1) is 0 Å². The van der Waals surface area contributed by atoms with Gasteiger partial charge in [-0.1, -0.05) is 12.1 Å². The Labute approximate surface area is 140 Å². The molecule has 1 unspecified atom stereocenters. The molecule has 1 atom stereocenters. The Morgan fingerprint density at radius 2 is 2.12 bits per heavy atom. The number of para-hydroxylation sites is 2. The molecule has 1 aliphatic rings. The number of amides is 2. The number of nitrogens with zero attached hydrogens (tertiary/aromatic N) is 1. The molecule has 0 saturated heterocycles. The Morgan fingerprint density at radius 1 is 1.29 bits per heavy atom. The van der Waals surface area contributed by atoms with Gasteiger partial charge in [0.25, 0.3) is 5.91 Å². The Hall–Kier alpha value is -2.76. The zero-order chi connectivity index (χ0) is 16.9. The van der Waals surface area contributed by atoms with Gasteiger partial charge in [-0.3, -0.25) is 9.59 Å². The van der Waals surface area contributed by atoms with Crippen LogP contribution in [0.2, 0.25) is 0 Å². The molecular formula is C18H20N2O4. The molecule has 2 heterocycles. The van der Waals surface area contributed by atoms with Gasteiger partial charge in [0.1, 0.15) is 11.5 Å². The lowest BCUT2D eigenvalue weighted by Crippen LogP contribution is -2.42. The average Bonchev–Trinajstić information content (AvgIpc) is 3.06. The fourth-order valence-electron chi connectivity index (χ4n) is 2.74. The second-order valence-corrected chi connectivity index (χ2v) is 5.80. The molecular weight excluding hydrogens is 308 g/mol. The van der Waals surface area contributed by atoms with E-state index < -0.39 is 0 Å². The highest BCUT2D eigenvalue weighted by molar-refractivity contribution is 5.98. The number of carbonyl (C=O) groups is 2. The SMILES string of the molecule is CC(Cc1ccco1)NC(=O)CCN1C(=O)COc2ccccc21. The minimum atomic E-state index is -0.134. The monoisotopic (exact) mass is 328 g/mol. The van der Waals surface area contributed by atoms with Gasteiger partial charge in [0.05, 0.1) is 12.0 Å². The predicted octanol–water partition coefficient (Wildman–Crippen LogP) is 2.14. The molecule has 0 radical (unpaired) electrons. The van der Waals surface area contributed by atoms with Crippen LogP contribution in [0.1, 0.15) is 19.1 Å². The first kappa shape index (κ1) is 16.1. The number of fused-ring (bicyclic) bond motifs is 1. The molecule has 0 saturated carbocycles. The summed E-state index contributed by atoms with van der Waals surface area (Å²) in [5.41, 5.74) is 0.713. The fraction of sp³-hybridized carbons (Fsp3) is 0.333. The highest BCUT2D eigenvalue weighted by atomic mass is 16.5. The molecule has 1 N–H and O–H groups in total. The van der Waals surface area contributed by atoms with E-state index in [2.05, 4.69) is 5.32 Å². The molecule has 0 spiro atoms. The summed E-state index contributed by atoms with van der Waals surface area (Å²) < 4.78 is 10.7. The number of furan rings is 1. The largest absolute Gasteiger partial charge is 0.482 e. The number of ether oxygens (including phenoxy) is 1. The maximum absolute atomic E-state index is 12.1. The highest BCUT2D eigenvalue weighted by Gasteiger charge is 2.25. The molecule has 0 fully saturated rings. The number of hydrogen-bond acceptors (Lipinski definition) is 4. The van der Waals surface area contributed by atoms with Gasteiger partial charge < -0.3 is 19.4 Å². The number of rotatable bonds is 6. The molecule has 126 valence electrons. The molecule has 0 aliphatic carbocycles. The van der Waals surface area contributed by atoms with E-state index in [9.17, 15) is 9.59 Å². The van der Waals surface area contributed by atoms with Crippen LogP contribution in [0.3, 0.4) is 0 Å². The quantitative estimate of drug-likeness (QED) is 0.882. The smallest absolute Gasteiger partial charge is 0.265 e. The van der Waals surface area contributed by atoms with E-state index in [4.69, 9.17) is 9.15 Å². The molecule has 1 aromatic heterocycles. The van der Waals surface area contributed by atoms with Gasteiger partial charge in [-0.2, -0.15) is 0 Å². The minimum Gasteiger partial charge on any atom is -0.482 e. The summed E-state index contributed by atoms with van der Waals surface area (Å²) in [5, 5.41) is 2.93. The number of anilines is 1. The molecule has 6 nitrogen and oxygen atoms in total. The van der Waals surface area contributed by atoms with E-state index in [0.717, 1.165) is 5.76 Å². The van der Waals surface area contributed by atoms with Crippen molar-refractivity contribution < 1.29 is 18.7 Å². The van der Waals surface area contributed by atoms with Crippen LogP contribution < -0.4 is 15.0 Å². The predicted molar refractivity (Wildman–Crippen MR) is 88.9 cm³/mol. The van der Waals surface area contributed by atoms with Crippen molar-refractivity contribution in [1.82, 2.24) is 5.32 Å². The third-order valence-electron chi connectivity index (χ3n) is 3.87. The van der Waals surface area contributed by atoms with Crippen LogP contribution in [0.4, 0.5) is 5.69 Å². The fourth-order valence-corrected chi connectivity index (χ4v) is 2.74. The van der Waals surface area contributed by atoms with Gasteiger partial charge in [0.2, 0.25) is 5.91 Å². The Morgan fingerprint density at radius 3 is 2.92 bits per heavy atom. The van der Waals surface area contributed by atoms with Crippen molar-refractivity contribution in [3.8, 4) is 5.75 Å². The summed E-state index contributed by atoms with van der Waals surface area (Å²) in [4.78, 5) is 25.8. The standard InChI is InChI=1S/C18H20N2O4/c1-13(11-14-5-4-10-23-14)19-17(21)8-9-20-15-6-2-3-7-16(15)24-12-18(20)22/h2-7,10,13H,8-9,11-12H2,1H3,(H,19,21). The van der Waals surface area contributed by atoms with Crippen LogP contribution in [0.15, 0.2) is 47.1 Å². The Bertz CT molecular complexity index is 712. The molecule has 3 rings (SSSR count). The van der Waals surface area contributed by atoms with E-state index in [1.165, 1.54) is 0 Å². The van der Waals surface area contributed by atoms with E-state index in [-0.39, 0.29) is 30.9 Å². The second kappa shape index (κ2) is 7.21. The van der Waals surface area contributed by atoms with E-state index in [1.54, 1.807) is 11.2 Å². The zero-order valence-corrected chi connectivity index (χ0v) is 13.5. The van der Waals surface area contributed by atoms with Crippen molar-refractivity contribution >= 4 is 17.5 Å². The minimum absolute atomic E-state index is 0.00747. The number of carbonyl (C=O) groups excluding carboxylic acids is 2. The average molecular weight is 328 g/mol. The zero-order valence-electron chi connectivity index (χ0n) is 13.5. The third kappa shape index (κ3) is 3.76. The molecule has 1 aliphatic heterocycles. The van der Waals surface area contributed by atoms with Gasteiger partial charge in [-0.25, -0.2) is 0 Å². The highest BCUT2D eigenvalue weighted by Crippen LogP contribution is 2.31. The lowest BCUT2D eigenvalue weighted by Gasteiger charge is -2.29.